The average Bonchev–Trinajstić information content (AvgIpc) is 2.92. The molecule has 6 heteroatoms. The van der Waals surface area contributed by atoms with Crippen LogP contribution in [0, 0.1) is 0 Å². The molecule has 2 N–H and O–H groups in total. The fourth-order valence-electron chi connectivity index (χ4n) is 2.26. The molecule has 24 heavy (non-hydrogen) atoms. The molecule has 0 aliphatic heterocycles. The van der Waals surface area contributed by atoms with Crippen molar-refractivity contribution in [1.29, 1.82) is 0 Å². The van der Waals surface area contributed by atoms with Gasteiger partial charge in [-0.15, -0.1) is 0 Å². The molecule has 0 saturated carbocycles. The largest absolute Gasteiger partial charge is 0.433 e. The zero-order valence-electron chi connectivity index (χ0n) is 12.9. The number of amides is 1. The Balaban J connectivity index is 1.49. The minimum atomic E-state index is -0.684. The third kappa shape index (κ3) is 3.73. The maximum atomic E-state index is 12.0. The summed E-state index contributed by atoms with van der Waals surface area (Å²) in [6, 6.07) is 16.8. The van der Waals surface area contributed by atoms with Crippen LogP contribution in [0.4, 0.5) is 4.79 Å². The van der Waals surface area contributed by atoms with E-state index in [1.807, 2.05) is 42.5 Å². The Hall–Kier alpha value is -3.28. The molecule has 1 heterocycles. The Morgan fingerprint density at radius 1 is 1.12 bits per heavy atom. The highest BCUT2D eigenvalue weighted by molar-refractivity contribution is 5.77. The molecule has 0 atom stereocenters. The number of H-pyrrole nitrogens is 1. The van der Waals surface area contributed by atoms with Gasteiger partial charge >= 0.3 is 11.7 Å². The van der Waals surface area contributed by atoms with E-state index in [2.05, 4.69) is 10.4 Å². The molecule has 0 aliphatic rings. The van der Waals surface area contributed by atoms with Crippen molar-refractivity contribution >= 4 is 23.1 Å². The molecule has 0 radical (unpaired) electrons. The molecule has 1 amide bonds. The molecule has 0 spiro atoms. The fourth-order valence-corrected chi connectivity index (χ4v) is 2.26. The summed E-state index contributed by atoms with van der Waals surface area (Å²) in [6.45, 7) is 0.414. The predicted octanol–water partition coefficient (Wildman–Crippen LogP) is 2.57. The van der Waals surface area contributed by atoms with E-state index >= 15 is 0 Å². The number of benzene rings is 2. The van der Waals surface area contributed by atoms with Crippen LogP contribution in [0.15, 0.2) is 65.5 Å². The summed E-state index contributed by atoms with van der Waals surface area (Å²) in [6.07, 6.45) is 3.92. The number of para-hydroxylation sites is 1. The number of carbonyl (C=O) groups excluding carboxylic acids is 1. The Bertz CT molecular complexity index is 910. The smallest absolute Gasteiger partial charge is 0.319 e. The van der Waals surface area contributed by atoms with E-state index in [1.54, 1.807) is 24.3 Å². The van der Waals surface area contributed by atoms with E-state index in [0.29, 0.717) is 23.9 Å². The minimum absolute atomic E-state index is 0.398. The van der Waals surface area contributed by atoms with Gasteiger partial charge in [0.25, 0.3) is 0 Å². The highest BCUT2D eigenvalue weighted by Crippen LogP contribution is 2.04. The third-order valence-corrected chi connectivity index (χ3v) is 3.43. The van der Waals surface area contributed by atoms with Gasteiger partial charge in [-0.2, -0.15) is 0 Å². The van der Waals surface area contributed by atoms with Crippen molar-refractivity contribution in [2.24, 2.45) is 0 Å². The molecule has 0 unspecified atom stereocenters. The number of hydrogen-bond acceptors (Lipinski definition) is 3. The zero-order valence-corrected chi connectivity index (χ0v) is 12.9. The van der Waals surface area contributed by atoms with Crippen LogP contribution in [-0.2, 0) is 0 Å². The van der Waals surface area contributed by atoms with Crippen molar-refractivity contribution in [2.45, 2.75) is 6.42 Å². The molecule has 0 saturated heterocycles. The maximum absolute atomic E-state index is 12.0. The van der Waals surface area contributed by atoms with Gasteiger partial charge in [-0.05, 0) is 24.1 Å². The number of rotatable bonds is 5. The summed E-state index contributed by atoms with van der Waals surface area (Å²) < 4.78 is 0. The molecule has 1 aromatic heterocycles. The normalized spacial score (nSPS) is 11.0. The summed E-state index contributed by atoms with van der Waals surface area (Å²) in [5.41, 5.74) is 1.32. The van der Waals surface area contributed by atoms with Gasteiger partial charge in [0.05, 0.1) is 10.9 Å². The van der Waals surface area contributed by atoms with Crippen molar-refractivity contribution in [1.82, 2.24) is 15.3 Å². The number of nitrogens with zero attached hydrogens (tertiary/aromatic N) is 1. The molecule has 2 aromatic carbocycles. The van der Waals surface area contributed by atoms with E-state index in [0.717, 1.165) is 10.4 Å². The molecule has 122 valence electrons. The first-order chi connectivity index (χ1) is 11.7. The van der Waals surface area contributed by atoms with Crippen LogP contribution in [0.25, 0.3) is 17.0 Å². The second kappa shape index (κ2) is 7.32. The molecule has 3 rings (SSSR count). The standard InChI is InChI=1S/C18H17N3O3/c22-17-15-11-4-5-12-16(15)20-21(17)24-18(23)19-13-7-6-10-14-8-2-1-3-9-14/h1-6,8-12,20H,7,13H2,(H,19,23). The number of nitrogens with one attached hydrogen (secondary N) is 2. The van der Waals surface area contributed by atoms with Crippen LogP contribution in [0.3, 0.4) is 0 Å². The lowest BCUT2D eigenvalue weighted by atomic mass is 10.2. The summed E-state index contributed by atoms with van der Waals surface area (Å²) in [7, 11) is 0. The van der Waals surface area contributed by atoms with E-state index in [-0.39, 0.29) is 0 Å². The first-order valence-electron chi connectivity index (χ1n) is 7.61. The summed E-state index contributed by atoms with van der Waals surface area (Å²) in [5, 5.41) is 5.79. The molecule has 3 aromatic rings. The van der Waals surface area contributed by atoms with Crippen LogP contribution < -0.4 is 15.7 Å². The summed E-state index contributed by atoms with van der Waals surface area (Å²) in [4.78, 5) is 29.6. The lowest BCUT2D eigenvalue weighted by Gasteiger charge is -2.03. The topological polar surface area (TPSA) is 76.1 Å². The quantitative estimate of drug-likeness (QED) is 0.709. The molecular weight excluding hydrogens is 306 g/mol. The zero-order chi connectivity index (χ0) is 16.8. The second-order valence-corrected chi connectivity index (χ2v) is 5.16. The average molecular weight is 323 g/mol. The molecule has 6 nitrogen and oxygen atoms in total. The van der Waals surface area contributed by atoms with Gasteiger partial charge in [0, 0.05) is 6.54 Å². The lowest BCUT2D eigenvalue weighted by molar-refractivity contribution is 0.113. The van der Waals surface area contributed by atoms with Gasteiger partial charge in [0.15, 0.2) is 0 Å². The first-order valence-corrected chi connectivity index (χ1v) is 7.61. The maximum Gasteiger partial charge on any atom is 0.433 e. The number of hydrogen-bond donors (Lipinski definition) is 2. The van der Waals surface area contributed by atoms with Crippen molar-refractivity contribution in [2.75, 3.05) is 6.54 Å². The van der Waals surface area contributed by atoms with Crippen molar-refractivity contribution in [3.8, 4) is 0 Å². The number of aromatic nitrogens is 2. The Morgan fingerprint density at radius 3 is 2.67 bits per heavy atom. The van der Waals surface area contributed by atoms with Gasteiger partial charge in [-0.1, -0.05) is 59.5 Å². The second-order valence-electron chi connectivity index (χ2n) is 5.16. The molecule has 0 fully saturated rings. The van der Waals surface area contributed by atoms with Crippen molar-refractivity contribution in [3.05, 3.63) is 76.6 Å². The van der Waals surface area contributed by atoms with E-state index in [1.165, 1.54) is 0 Å². The van der Waals surface area contributed by atoms with Crippen LogP contribution >= 0.6 is 0 Å². The van der Waals surface area contributed by atoms with Crippen LogP contribution in [0.2, 0.25) is 0 Å². The first kappa shape index (κ1) is 15.6. The summed E-state index contributed by atoms with van der Waals surface area (Å²) in [5.74, 6) is 0. The predicted molar refractivity (Wildman–Crippen MR) is 92.6 cm³/mol. The van der Waals surface area contributed by atoms with E-state index < -0.39 is 11.7 Å². The number of fused-ring (bicyclic) bond motifs is 1. The van der Waals surface area contributed by atoms with E-state index in [9.17, 15) is 9.59 Å². The Labute approximate surface area is 138 Å². The van der Waals surface area contributed by atoms with Gasteiger partial charge in [0.2, 0.25) is 0 Å². The Kier molecular flexibility index (Phi) is 4.76. The number of carbonyl (C=O) groups is 1. The third-order valence-electron chi connectivity index (χ3n) is 3.43. The Morgan fingerprint density at radius 2 is 1.88 bits per heavy atom. The van der Waals surface area contributed by atoms with E-state index in [4.69, 9.17) is 4.84 Å². The SMILES string of the molecule is O=C(NCCC=Cc1ccccc1)On1[nH]c2ccccc2c1=O. The van der Waals surface area contributed by atoms with Crippen molar-refractivity contribution in [3.63, 3.8) is 0 Å². The van der Waals surface area contributed by atoms with Gasteiger partial charge in [0.1, 0.15) is 0 Å². The number of aromatic amines is 1. The highest BCUT2D eigenvalue weighted by atomic mass is 16.7. The molecule has 0 aliphatic carbocycles. The van der Waals surface area contributed by atoms with Crippen LogP contribution in [0.5, 0.6) is 0 Å². The fraction of sp³-hybridized carbons (Fsp3) is 0.111. The van der Waals surface area contributed by atoms with Crippen LogP contribution in [-0.4, -0.2) is 22.6 Å². The van der Waals surface area contributed by atoms with Gasteiger partial charge in [-0.25, -0.2) is 4.79 Å². The lowest BCUT2D eigenvalue weighted by Crippen LogP contribution is -2.37. The highest BCUT2D eigenvalue weighted by Gasteiger charge is 2.09. The van der Waals surface area contributed by atoms with Gasteiger partial charge < -0.3 is 5.32 Å². The summed E-state index contributed by atoms with van der Waals surface area (Å²) >= 11 is 0. The minimum Gasteiger partial charge on any atom is -0.319 e. The molecule has 0 bridgehead atoms. The molecular formula is C18H17N3O3. The monoisotopic (exact) mass is 323 g/mol. The van der Waals surface area contributed by atoms with Crippen LogP contribution in [0.1, 0.15) is 12.0 Å². The van der Waals surface area contributed by atoms with Crippen molar-refractivity contribution < 1.29 is 9.63 Å². The van der Waals surface area contributed by atoms with Gasteiger partial charge in [-0.3, -0.25) is 14.7 Å².